The van der Waals surface area contributed by atoms with Gasteiger partial charge in [0.1, 0.15) is 5.52 Å². The van der Waals surface area contributed by atoms with Crippen LogP contribution in [0.25, 0.3) is 5.52 Å². The quantitative estimate of drug-likeness (QED) is 0.735. The van der Waals surface area contributed by atoms with Crippen LogP contribution < -0.4 is 10.9 Å². The van der Waals surface area contributed by atoms with Crippen LogP contribution in [-0.4, -0.2) is 30.3 Å². The molecule has 1 amide bonds. The minimum Gasteiger partial charge on any atom is -0.346 e. The van der Waals surface area contributed by atoms with E-state index in [0.717, 1.165) is 24.2 Å². The molecule has 0 bridgehead atoms. The zero-order chi connectivity index (χ0) is 17.3. The zero-order valence-corrected chi connectivity index (χ0v) is 14.0. The standard InChI is InChI=1S/C16H20N6O2/c1-4-5-21-9-12(11(3)19-21)7-17-15(23)13-6-14-16(24)18-10(2)8-22(14)20-13/h6,8-9H,4-5,7H2,1-3H3,(H,17,23)(H,18,24). The van der Waals surface area contributed by atoms with Gasteiger partial charge in [0, 0.05) is 42.8 Å². The summed E-state index contributed by atoms with van der Waals surface area (Å²) in [4.78, 5) is 26.9. The number of hydrogen-bond donors (Lipinski definition) is 2. The Morgan fingerprint density at radius 2 is 2.08 bits per heavy atom. The normalized spacial score (nSPS) is 11.1. The number of carbonyl (C=O) groups is 1. The molecule has 8 heteroatoms. The van der Waals surface area contributed by atoms with Gasteiger partial charge < -0.3 is 10.3 Å². The lowest BCUT2D eigenvalue weighted by molar-refractivity contribution is 0.0945. The van der Waals surface area contributed by atoms with E-state index in [-0.39, 0.29) is 17.2 Å². The van der Waals surface area contributed by atoms with Gasteiger partial charge in [-0.05, 0) is 20.3 Å². The van der Waals surface area contributed by atoms with E-state index in [0.29, 0.717) is 17.8 Å². The highest BCUT2D eigenvalue weighted by Gasteiger charge is 2.14. The number of rotatable bonds is 5. The van der Waals surface area contributed by atoms with E-state index in [1.807, 2.05) is 17.8 Å². The Kier molecular flexibility index (Phi) is 4.20. The van der Waals surface area contributed by atoms with Crippen molar-refractivity contribution in [1.82, 2.24) is 29.7 Å². The van der Waals surface area contributed by atoms with Gasteiger partial charge in [0.2, 0.25) is 0 Å². The summed E-state index contributed by atoms with van der Waals surface area (Å²) in [6.07, 6.45) is 4.62. The molecule has 0 aliphatic carbocycles. The molecule has 3 heterocycles. The van der Waals surface area contributed by atoms with E-state index < -0.39 is 0 Å². The molecule has 0 aliphatic heterocycles. The first-order valence-electron chi connectivity index (χ1n) is 7.88. The van der Waals surface area contributed by atoms with Crippen molar-refractivity contribution in [2.45, 2.75) is 40.3 Å². The van der Waals surface area contributed by atoms with Crippen LogP contribution in [0.3, 0.4) is 0 Å². The third-order valence-electron chi connectivity index (χ3n) is 3.77. The van der Waals surface area contributed by atoms with E-state index in [1.54, 1.807) is 13.1 Å². The summed E-state index contributed by atoms with van der Waals surface area (Å²) in [5.41, 5.74) is 2.84. The largest absolute Gasteiger partial charge is 0.346 e. The Morgan fingerprint density at radius 1 is 1.29 bits per heavy atom. The molecule has 3 aromatic rings. The van der Waals surface area contributed by atoms with Crippen molar-refractivity contribution >= 4 is 11.4 Å². The van der Waals surface area contributed by atoms with Crippen LogP contribution in [0.2, 0.25) is 0 Å². The molecule has 3 aromatic heterocycles. The highest BCUT2D eigenvalue weighted by Crippen LogP contribution is 2.07. The van der Waals surface area contributed by atoms with Gasteiger partial charge in [-0.3, -0.25) is 14.3 Å². The van der Waals surface area contributed by atoms with Crippen LogP contribution in [-0.2, 0) is 13.1 Å². The molecule has 126 valence electrons. The molecular formula is C16H20N6O2. The van der Waals surface area contributed by atoms with Gasteiger partial charge in [-0.15, -0.1) is 0 Å². The summed E-state index contributed by atoms with van der Waals surface area (Å²) in [6, 6.07) is 1.49. The van der Waals surface area contributed by atoms with Crippen LogP contribution in [0.15, 0.2) is 23.3 Å². The van der Waals surface area contributed by atoms with Gasteiger partial charge >= 0.3 is 0 Å². The Bertz CT molecular complexity index is 949. The summed E-state index contributed by atoms with van der Waals surface area (Å²) in [5, 5.41) is 11.4. The summed E-state index contributed by atoms with van der Waals surface area (Å²) in [5.74, 6) is -0.321. The van der Waals surface area contributed by atoms with E-state index in [1.165, 1.54) is 10.6 Å². The first-order chi connectivity index (χ1) is 11.5. The van der Waals surface area contributed by atoms with Crippen LogP contribution in [0.5, 0.6) is 0 Å². The number of amides is 1. The average Bonchev–Trinajstić information content (AvgIpc) is 3.09. The number of H-pyrrole nitrogens is 1. The van der Waals surface area contributed by atoms with Crippen LogP contribution >= 0.6 is 0 Å². The number of hydrogen-bond acceptors (Lipinski definition) is 4. The molecule has 0 fully saturated rings. The predicted molar refractivity (Wildman–Crippen MR) is 89.0 cm³/mol. The van der Waals surface area contributed by atoms with Gasteiger partial charge in [-0.25, -0.2) is 4.52 Å². The van der Waals surface area contributed by atoms with Crippen molar-refractivity contribution in [3.05, 3.63) is 51.5 Å². The molecule has 0 spiro atoms. The number of nitrogens with one attached hydrogen (secondary N) is 2. The lowest BCUT2D eigenvalue weighted by Gasteiger charge is -2.01. The number of carbonyl (C=O) groups excluding carboxylic acids is 1. The number of aryl methyl sites for hydroxylation is 3. The fourth-order valence-electron chi connectivity index (χ4n) is 2.57. The average molecular weight is 328 g/mol. The number of fused-ring (bicyclic) bond motifs is 1. The monoisotopic (exact) mass is 328 g/mol. The molecule has 0 saturated heterocycles. The first kappa shape index (κ1) is 16.0. The van der Waals surface area contributed by atoms with Crippen molar-refractivity contribution < 1.29 is 4.79 Å². The number of aromatic nitrogens is 5. The molecule has 0 radical (unpaired) electrons. The third-order valence-corrected chi connectivity index (χ3v) is 3.77. The van der Waals surface area contributed by atoms with E-state index >= 15 is 0 Å². The van der Waals surface area contributed by atoms with Crippen LogP contribution in [0, 0.1) is 13.8 Å². The summed E-state index contributed by atoms with van der Waals surface area (Å²) < 4.78 is 3.30. The number of aromatic amines is 1. The second kappa shape index (κ2) is 6.31. The second-order valence-corrected chi connectivity index (χ2v) is 5.81. The fraction of sp³-hybridized carbons (Fsp3) is 0.375. The van der Waals surface area contributed by atoms with Gasteiger partial charge in [0.15, 0.2) is 5.69 Å². The van der Waals surface area contributed by atoms with Gasteiger partial charge in [0.25, 0.3) is 11.5 Å². The molecule has 2 N–H and O–H groups in total. The molecule has 24 heavy (non-hydrogen) atoms. The maximum absolute atomic E-state index is 12.3. The Balaban J connectivity index is 1.76. The number of nitrogens with zero attached hydrogens (tertiary/aromatic N) is 4. The molecule has 0 atom stereocenters. The lowest BCUT2D eigenvalue weighted by Crippen LogP contribution is -2.23. The molecule has 0 aliphatic rings. The van der Waals surface area contributed by atoms with E-state index in [4.69, 9.17) is 0 Å². The SMILES string of the molecule is CCCn1cc(CNC(=O)c2cc3c(=O)[nH]c(C)cn3n2)c(C)n1. The Hall–Kier alpha value is -2.90. The Labute approximate surface area is 138 Å². The van der Waals surface area contributed by atoms with Gasteiger partial charge in [0.05, 0.1) is 5.69 Å². The van der Waals surface area contributed by atoms with Crippen molar-refractivity contribution in [2.75, 3.05) is 0 Å². The summed E-state index contributed by atoms with van der Waals surface area (Å²) in [6.45, 7) is 6.99. The molecule has 0 unspecified atom stereocenters. The van der Waals surface area contributed by atoms with Crippen molar-refractivity contribution in [1.29, 1.82) is 0 Å². The van der Waals surface area contributed by atoms with Gasteiger partial charge in [-0.2, -0.15) is 10.2 Å². The highest BCUT2D eigenvalue weighted by molar-refractivity contribution is 5.93. The van der Waals surface area contributed by atoms with Crippen molar-refractivity contribution in [3.63, 3.8) is 0 Å². The molecule has 0 saturated carbocycles. The summed E-state index contributed by atoms with van der Waals surface area (Å²) in [7, 11) is 0. The molecule has 8 nitrogen and oxygen atoms in total. The van der Waals surface area contributed by atoms with E-state index in [9.17, 15) is 9.59 Å². The summed E-state index contributed by atoms with van der Waals surface area (Å²) >= 11 is 0. The third kappa shape index (κ3) is 3.08. The lowest BCUT2D eigenvalue weighted by atomic mass is 10.2. The van der Waals surface area contributed by atoms with E-state index in [2.05, 4.69) is 27.4 Å². The second-order valence-electron chi connectivity index (χ2n) is 5.81. The van der Waals surface area contributed by atoms with Crippen LogP contribution in [0.1, 0.15) is 40.8 Å². The van der Waals surface area contributed by atoms with Crippen LogP contribution in [0.4, 0.5) is 0 Å². The maximum atomic E-state index is 12.3. The van der Waals surface area contributed by atoms with Crippen molar-refractivity contribution in [3.8, 4) is 0 Å². The Morgan fingerprint density at radius 3 is 2.83 bits per heavy atom. The molecule has 3 rings (SSSR count). The first-order valence-corrected chi connectivity index (χ1v) is 7.88. The smallest absolute Gasteiger partial charge is 0.274 e. The predicted octanol–water partition coefficient (Wildman–Crippen LogP) is 1.18. The van der Waals surface area contributed by atoms with Gasteiger partial charge in [-0.1, -0.05) is 6.92 Å². The minimum absolute atomic E-state index is 0.213. The minimum atomic E-state index is -0.321. The van der Waals surface area contributed by atoms with Crippen molar-refractivity contribution in [2.24, 2.45) is 0 Å². The zero-order valence-electron chi connectivity index (χ0n) is 14.0. The highest BCUT2D eigenvalue weighted by atomic mass is 16.2. The topological polar surface area (TPSA) is 97.1 Å². The molecule has 0 aromatic carbocycles. The maximum Gasteiger partial charge on any atom is 0.274 e. The molecular weight excluding hydrogens is 308 g/mol. The fourth-order valence-corrected chi connectivity index (χ4v) is 2.57.